The first-order chi connectivity index (χ1) is 10.0. The fraction of sp³-hybridized carbons (Fsp3) is 0.400. The van der Waals surface area contributed by atoms with Crippen molar-refractivity contribution in [2.45, 2.75) is 19.8 Å². The molecule has 0 radical (unpaired) electrons. The molecule has 21 heavy (non-hydrogen) atoms. The first-order valence-corrected chi connectivity index (χ1v) is 6.52. The number of hydrogen-bond acceptors (Lipinski definition) is 6. The Morgan fingerprint density at radius 3 is 1.67 bits per heavy atom. The Hall–Kier alpha value is -2.37. The summed E-state index contributed by atoms with van der Waals surface area (Å²) in [5.41, 5.74) is 0.278. The molecule has 0 unspecified atom stereocenters. The van der Waals surface area contributed by atoms with Crippen molar-refractivity contribution < 1.29 is 28.6 Å². The van der Waals surface area contributed by atoms with Crippen LogP contribution in [0.2, 0.25) is 0 Å². The quantitative estimate of drug-likeness (QED) is 0.455. The molecule has 0 atom stereocenters. The first-order valence-electron chi connectivity index (χ1n) is 6.52. The minimum absolute atomic E-state index is 0.0860. The van der Waals surface area contributed by atoms with Gasteiger partial charge >= 0.3 is 17.9 Å². The molecule has 0 aliphatic heterocycles. The normalized spacial score (nSPS) is 9.86. The van der Waals surface area contributed by atoms with E-state index in [1.165, 1.54) is 32.4 Å². The van der Waals surface area contributed by atoms with E-state index in [-0.39, 0.29) is 23.3 Å². The summed E-state index contributed by atoms with van der Waals surface area (Å²) in [5, 5.41) is 0. The molecule has 1 aromatic rings. The van der Waals surface area contributed by atoms with Crippen LogP contribution in [-0.4, -0.2) is 38.7 Å². The van der Waals surface area contributed by atoms with E-state index in [4.69, 9.17) is 4.74 Å². The summed E-state index contributed by atoms with van der Waals surface area (Å²) >= 11 is 0. The topological polar surface area (TPSA) is 78.9 Å². The fourth-order valence-corrected chi connectivity index (χ4v) is 1.61. The highest BCUT2D eigenvalue weighted by Gasteiger charge is 2.17. The minimum Gasteiger partial charge on any atom is -0.465 e. The third kappa shape index (κ3) is 4.59. The van der Waals surface area contributed by atoms with E-state index in [1.807, 2.05) is 6.92 Å². The van der Waals surface area contributed by atoms with E-state index in [1.54, 1.807) is 0 Å². The highest BCUT2D eigenvalue weighted by molar-refractivity contribution is 6.00. The van der Waals surface area contributed by atoms with Gasteiger partial charge in [0.25, 0.3) is 0 Å². The minimum atomic E-state index is -0.650. The van der Waals surface area contributed by atoms with Gasteiger partial charge in [-0.2, -0.15) is 0 Å². The molecule has 0 amide bonds. The van der Waals surface area contributed by atoms with Crippen LogP contribution in [0.1, 0.15) is 50.8 Å². The van der Waals surface area contributed by atoms with Gasteiger partial charge in [0.05, 0.1) is 37.5 Å². The van der Waals surface area contributed by atoms with Crippen LogP contribution < -0.4 is 0 Å². The average Bonchev–Trinajstić information content (AvgIpc) is 2.52. The maximum Gasteiger partial charge on any atom is 0.338 e. The number of rotatable bonds is 6. The predicted octanol–water partition coefficient (Wildman–Crippen LogP) is 2.22. The molecule has 0 aliphatic rings. The van der Waals surface area contributed by atoms with Crippen LogP contribution in [-0.2, 0) is 14.2 Å². The molecular weight excluding hydrogens is 276 g/mol. The zero-order valence-corrected chi connectivity index (χ0v) is 12.3. The van der Waals surface area contributed by atoms with Crippen LogP contribution in [0.25, 0.3) is 0 Å². The number of methoxy groups -OCH3 is 2. The van der Waals surface area contributed by atoms with Crippen LogP contribution in [0.3, 0.4) is 0 Å². The lowest BCUT2D eigenvalue weighted by molar-refractivity contribution is 0.0499. The Labute approximate surface area is 123 Å². The van der Waals surface area contributed by atoms with Gasteiger partial charge in [-0.3, -0.25) is 0 Å². The van der Waals surface area contributed by atoms with Crippen molar-refractivity contribution in [3.63, 3.8) is 0 Å². The molecule has 0 heterocycles. The Kier molecular flexibility index (Phi) is 6.39. The summed E-state index contributed by atoms with van der Waals surface area (Å²) in [6, 6.07) is 3.96. The second kappa shape index (κ2) is 8.04. The molecule has 114 valence electrons. The van der Waals surface area contributed by atoms with E-state index in [0.717, 1.165) is 12.8 Å². The van der Waals surface area contributed by atoms with Crippen LogP contribution in [0.5, 0.6) is 0 Å². The molecular formula is C15H18O6. The van der Waals surface area contributed by atoms with E-state index in [0.29, 0.717) is 0 Å². The summed E-state index contributed by atoms with van der Waals surface area (Å²) < 4.78 is 14.3. The number of ether oxygens (including phenoxy) is 3. The summed E-state index contributed by atoms with van der Waals surface area (Å²) in [5.74, 6) is -1.90. The van der Waals surface area contributed by atoms with Crippen molar-refractivity contribution in [1.29, 1.82) is 0 Å². The largest absolute Gasteiger partial charge is 0.465 e. The van der Waals surface area contributed by atoms with Crippen LogP contribution in [0, 0.1) is 0 Å². The van der Waals surface area contributed by atoms with Gasteiger partial charge in [0.2, 0.25) is 0 Å². The van der Waals surface area contributed by atoms with Gasteiger partial charge in [-0.15, -0.1) is 0 Å². The van der Waals surface area contributed by atoms with Crippen molar-refractivity contribution in [2.75, 3.05) is 20.8 Å². The van der Waals surface area contributed by atoms with E-state index >= 15 is 0 Å². The Balaban J connectivity index is 3.09. The van der Waals surface area contributed by atoms with Crippen LogP contribution in [0.15, 0.2) is 18.2 Å². The Morgan fingerprint density at radius 2 is 1.29 bits per heavy atom. The first kappa shape index (κ1) is 16.7. The maximum atomic E-state index is 11.9. The zero-order valence-electron chi connectivity index (χ0n) is 12.3. The predicted molar refractivity (Wildman–Crippen MR) is 74.3 cm³/mol. The highest BCUT2D eigenvalue weighted by Crippen LogP contribution is 2.14. The van der Waals surface area contributed by atoms with Gasteiger partial charge in [0.1, 0.15) is 0 Å². The number of unbranched alkanes of at least 4 members (excludes halogenated alkanes) is 1. The molecule has 1 rings (SSSR count). The van der Waals surface area contributed by atoms with E-state index in [9.17, 15) is 14.4 Å². The number of hydrogen-bond donors (Lipinski definition) is 0. The third-order valence-corrected chi connectivity index (χ3v) is 2.74. The SMILES string of the molecule is CCCCOC(=O)c1cc(C(=O)OC)cc(C(=O)OC)c1. The second-order valence-electron chi connectivity index (χ2n) is 4.27. The Morgan fingerprint density at radius 1 is 0.857 bits per heavy atom. The lowest BCUT2D eigenvalue weighted by Crippen LogP contribution is -2.12. The van der Waals surface area contributed by atoms with Gasteiger partial charge in [-0.25, -0.2) is 14.4 Å². The molecule has 0 spiro atoms. The lowest BCUT2D eigenvalue weighted by atomic mass is 10.1. The van der Waals surface area contributed by atoms with E-state index in [2.05, 4.69) is 9.47 Å². The van der Waals surface area contributed by atoms with Crippen molar-refractivity contribution in [2.24, 2.45) is 0 Å². The highest BCUT2D eigenvalue weighted by atomic mass is 16.5. The smallest absolute Gasteiger partial charge is 0.338 e. The molecule has 0 aliphatic carbocycles. The van der Waals surface area contributed by atoms with E-state index < -0.39 is 17.9 Å². The molecule has 0 saturated heterocycles. The molecule has 6 heteroatoms. The summed E-state index contributed by atoms with van der Waals surface area (Å²) in [7, 11) is 2.43. The maximum absolute atomic E-state index is 11.9. The summed E-state index contributed by atoms with van der Waals surface area (Å²) in [6.45, 7) is 2.26. The van der Waals surface area contributed by atoms with Crippen molar-refractivity contribution in [3.05, 3.63) is 34.9 Å². The van der Waals surface area contributed by atoms with Crippen molar-refractivity contribution >= 4 is 17.9 Å². The van der Waals surface area contributed by atoms with Gasteiger partial charge in [0, 0.05) is 0 Å². The molecule has 0 bridgehead atoms. The number of carbonyl (C=O) groups is 3. The fourth-order valence-electron chi connectivity index (χ4n) is 1.61. The number of esters is 3. The Bertz CT molecular complexity index is 501. The van der Waals surface area contributed by atoms with Crippen LogP contribution >= 0.6 is 0 Å². The van der Waals surface area contributed by atoms with Crippen molar-refractivity contribution in [1.82, 2.24) is 0 Å². The standard InChI is InChI=1S/C15H18O6/c1-4-5-6-21-15(18)12-8-10(13(16)19-2)7-11(9-12)14(17)20-3/h7-9H,4-6H2,1-3H3. The number of benzene rings is 1. The zero-order chi connectivity index (χ0) is 15.8. The summed E-state index contributed by atoms with van der Waals surface area (Å²) in [4.78, 5) is 35.1. The average molecular weight is 294 g/mol. The molecule has 0 N–H and O–H groups in total. The molecule has 1 aromatic carbocycles. The lowest BCUT2D eigenvalue weighted by Gasteiger charge is -2.08. The van der Waals surface area contributed by atoms with Gasteiger partial charge < -0.3 is 14.2 Å². The van der Waals surface area contributed by atoms with Gasteiger partial charge in [-0.05, 0) is 24.6 Å². The monoisotopic (exact) mass is 294 g/mol. The molecule has 6 nitrogen and oxygen atoms in total. The number of carbonyl (C=O) groups excluding carboxylic acids is 3. The second-order valence-corrected chi connectivity index (χ2v) is 4.27. The molecule has 0 saturated carbocycles. The van der Waals surface area contributed by atoms with Crippen molar-refractivity contribution in [3.8, 4) is 0 Å². The van der Waals surface area contributed by atoms with Gasteiger partial charge in [-0.1, -0.05) is 13.3 Å². The third-order valence-electron chi connectivity index (χ3n) is 2.74. The van der Waals surface area contributed by atoms with Gasteiger partial charge in [0.15, 0.2) is 0 Å². The molecule has 0 aromatic heterocycles. The van der Waals surface area contributed by atoms with Crippen LogP contribution in [0.4, 0.5) is 0 Å². The molecule has 0 fully saturated rings. The summed E-state index contributed by atoms with van der Waals surface area (Å²) in [6.07, 6.45) is 1.63.